The number of fused-ring (bicyclic) bond motifs is 1. The Morgan fingerprint density at radius 3 is 2.55 bits per heavy atom. The molecule has 0 aliphatic carbocycles. The van der Waals surface area contributed by atoms with E-state index >= 15 is 0 Å². The van der Waals surface area contributed by atoms with Gasteiger partial charge in [-0.25, -0.2) is 23.4 Å². The summed E-state index contributed by atoms with van der Waals surface area (Å²) in [5, 5.41) is 3.07. The number of rotatable bonds is 6. The molecule has 154 valence electrons. The van der Waals surface area contributed by atoms with Crippen molar-refractivity contribution in [3.05, 3.63) is 45.2 Å². The molecule has 0 aliphatic rings. The maximum absolute atomic E-state index is 13.1. The van der Waals surface area contributed by atoms with E-state index in [4.69, 9.17) is 11.6 Å². The van der Waals surface area contributed by atoms with Gasteiger partial charge < -0.3 is 5.32 Å². The quantitative estimate of drug-likeness (QED) is 0.585. The lowest BCUT2D eigenvalue weighted by molar-refractivity contribution is 0.526. The van der Waals surface area contributed by atoms with E-state index < -0.39 is 9.84 Å². The summed E-state index contributed by atoms with van der Waals surface area (Å²) in [6, 6.07) is 2.95. The van der Waals surface area contributed by atoms with Crippen LogP contribution in [0.3, 0.4) is 0 Å². The van der Waals surface area contributed by atoms with E-state index in [2.05, 4.69) is 25.3 Å². The number of hydrogen-bond donors (Lipinski definition) is 1. The molecule has 3 rings (SSSR count). The molecule has 11 heteroatoms. The first-order valence-electron chi connectivity index (χ1n) is 8.97. The minimum Gasteiger partial charge on any atom is -0.361 e. The van der Waals surface area contributed by atoms with Gasteiger partial charge in [0.1, 0.15) is 5.52 Å². The van der Waals surface area contributed by atoms with Crippen LogP contribution in [-0.2, 0) is 16.4 Å². The fourth-order valence-corrected chi connectivity index (χ4v) is 3.58. The molecule has 0 saturated heterocycles. The molecule has 0 fully saturated rings. The fourth-order valence-electron chi connectivity index (χ4n) is 2.81. The van der Waals surface area contributed by atoms with Crippen molar-refractivity contribution in [2.75, 3.05) is 11.6 Å². The molecule has 29 heavy (non-hydrogen) atoms. The van der Waals surface area contributed by atoms with Crippen LogP contribution < -0.4 is 10.9 Å². The number of anilines is 1. The van der Waals surface area contributed by atoms with E-state index in [0.717, 1.165) is 12.7 Å². The van der Waals surface area contributed by atoms with Gasteiger partial charge in [0, 0.05) is 25.0 Å². The van der Waals surface area contributed by atoms with Gasteiger partial charge >= 0.3 is 0 Å². The summed E-state index contributed by atoms with van der Waals surface area (Å²) in [5.41, 5.74) is 1.84. The van der Waals surface area contributed by atoms with E-state index in [9.17, 15) is 13.2 Å². The molecule has 0 amide bonds. The highest BCUT2D eigenvalue weighted by molar-refractivity contribution is 7.90. The van der Waals surface area contributed by atoms with Crippen LogP contribution in [0.15, 0.2) is 28.2 Å². The van der Waals surface area contributed by atoms with Crippen molar-refractivity contribution in [3.63, 3.8) is 0 Å². The SMILES string of the molecule is CC[C@@H](C)n1c(=O)c(NCc2ccc(S(C)(=O)=O)nc2)nc2c(C)nc(Cl)nc21. The van der Waals surface area contributed by atoms with E-state index in [0.29, 0.717) is 22.4 Å². The highest BCUT2D eigenvalue weighted by atomic mass is 35.5. The van der Waals surface area contributed by atoms with Crippen LogP contribution >= 0.6 is 11.6 Å². The second kappa shape index (κ2) is 8.03. The molecule has 1 N–H and O–H groups in total. The number of hydrogen-bond acceptors (Lipinski definition) is 8. The van der Waals surface area contributed by atoms with Gasteiger partial charge in [-0.2, -0.15) is 4.98 Å². The Balaban J connectivity index is 2.01. The summed E-state index contributed by atoms with van der Waals surface area (Å²) in [6.07, 6.45) is 3.27. The largest absolute Gasteiger partial charge is 0.361 e. The van der Waals surface area contributed by atoms with Crippen molar-refractivity contribution in [1.82, 2.24) is 24.5 Å². The number of pyridine rings is 1. The lowest BCUT2D eigenvalue weighted by Crippen LogP contribution is -2.28. The molecule has 0 aromatic carbocycles. The summed E-state index contributed by atoms with van der Waals surface area (Å²) in [7, 11) is -3.37. The molecule has 0 unspecified atom stereocenters. The summed E-state index contributed by atoms with van der Waals surface area (Å²) in [4.78, 5) is 29.8. The average molecular weight is 437 g/mol. The molecular weight excluding hydrogens is 416 g/mol. The van der Waals surface area contributed by atoms with E-state index in [1.54, 1.807) is 17.6 Å². The van der Waals surface area contributed by atoms with Crippen LogP contribution in [-0.4, -0.2) is 39.2 Å². The zero-order valence-corrected chi connectivity index (χ0v) is 18.0. The summed E-state index contributed by atoms with van der Waals surface area (Å²) < 4.78 is 24.6. The van der Waals surface area contributed by atoms with Crippen LogP contribution in [0.4, 0.5) is 5.82 Å². The Morgan fingerprint density at radius 1 is 1.24 bits per heavy atom. The van der Waals surface area contributed by atoms with E-state index in [1.807, 2.05) is 13.8 Å². The lowest BCUT2D eigenvalue weighted by atomic mass is 10.2. The Labute approximate surface area is 173 Å². The molecule has 3 heterocycles. The Morgan fingerprint density at radius 2 is 1.97 bits per heavy atom. The summed E-state index contributed by atoms with van der Waals surface area (Å²) in [6.45, 7) is 5.90. The maximum atomic E-state index is 13.1. The summed E-state index contributed by atoms with van der Waals surface area (Å²) in [5.74, 6) is 0.152. The number of aryl methyl sites for hydroxylation is 1. The standard InChI is InChI=1S/C18H21ClN6O3S/c1-5-10(2)25-16-14(11(3)22-18(19)24-16)23-15(17(25)26)21-9-12-6-7-13(20-8-12)29(4,27)28/h6-8,10H,5,9H2,1-4H3,(H,21,23)/t10-/m1/s1. The summed E-state index contributed by atoms with van der Waals surface area (Å²) >= 11 is 5.99. The Bertz CT molecular complexity index is 1230. The first-order chi connectivity index (χ1) is 13.6. The second-order valence-electron chi connectivity index (χ2n) is 6.77. The number of sulfone groups is 1. The molecule has 1 atom stereocenters. The van der Waals surface area contributed by atoms with Crippen LogP contribution in [0.1, 0.15) is 37.6 Å². The maximum Gasteiger partial charge on any atom is 0.295 e. The smallest absolute Gasteiger partial charge is 0.295 e. The Hall–Kier alpha value is -2.59. The van der Waals surface area contributed by atoms with Crippen molar-refractivity contribution in [3.8, 4) is 0 Å². The van der Waals surface area contributed by atoms with Crippen molar-refractivity contribution in [2.24, 2.45) is 0 Å². The molecular formula is C18H21ClN6O3S. The number of nitrogens with zero attached hydrogens (tertiary/aromatic N) is 5. The number of nitrogens with one attached hydrogen (secondary N) is 1. The minimum atomic E-state index is -3.37. The monoisotopic (exact) mass is 436 g/mol. The molecule has 3 aromatic heterocycles. The number of halogens is 1. The van der Waals surface area contributed by atoms with Gasteiger partial charge in [-0.05, 0) is 43.5 Å². The zero-order chi connectivity index (χ0) is 21.3. The third-order valence-electron chi connectivity index (χ3n) is 4.55. The first-order valence-corrected chi connectivity index (χ1v) is 11.2. The minimum absolute atomic E-state index is 0.00569. The molecule has 0 radical (unpaired) electrons. The molecule has 3 aromatic rings. The van der Waals surface area contributed by atoms with Crippen molar-refractivity contribution in [2.45, 2.75) is 44.8 Å². The highest BCUT2D eigenvalue weighted by Gasteiger charge is 2.18. The van der Waals surface area contributed by atoms with Crippen LogP contribution in [0, 0.1) is 6.92 Å². The number of aromatic nitrogens is 5. The van der Waals surface area contributed by atoms with Crippen LogP contribution in [0.2, 0.25) is 5.28 Å². The molecule has 0 bridgehead atoms. The average Bonchev–Trinajstić information content (AvgIpc) is 2.65. The van der Waals surface area contributed by atoms with Gasteiger partial charge in [0.15, 0.2) is 26.3 Å². The molecule has 0 aliphatic heterocycles. The molecule has 0 saturated carbocycles. The third kappa shape index (κ3) is 4.38. The lowest BCUT2D eigenvalue weighted by Gasteiger charge is -2.18. The third-order valence-corrected chi connectivity index (χ3v) is 5.73. The normalized spacial score (nSPS) is 12.9. The van der Waals surface area contributed by atoms with E-state index in [-0.39, 0.29) is 34.3 Å². The van der Waals surface area contributed by atoms with Gasteiger partial charge in [0.2, 0.25) is 5.28 Å². The van der Waals surface area contributed by atoms with Gasteiger partial charge in [0.05, 0.1) is 5.69 Å². The van der Waals surface area contributed by atoms with Gasteiger partial charge in [0.25, 0.3) is 5.56 Å². The van der Waals surface area contributed by atoms with E-state index in [1.165, 1.54) is 12.3 Å². The predicted molar refractivity (Wildman–Crippen MR) is 111 cm³/mol. The zero-order valence-electron chi connectivity index (χ0n) is 16.5. The Kier molecular flexibility index (Phi) is 5.85. The van der Waals surface area contributed by atoms with Gasteiger partial charge in [-0.15, -0.1) is 0 Å². The highest BCUT2D eigenvalue weighted by Crippen LogP contribution is 2.20. The van der Waals surface area contributed by atoms with Gasteiger partial charge in [-0.3, -0.25) is 9.36 Å². The first kappa shape index (κ1) is 21.1. The van der Waals surface area contributed by atoms with Crippen LogP contribution in [0.25, 0.3) is 11.2 Å². The predicted octanol–water partition coefficient (Wildman–Crippen LogP) is 2.53. The van der Waals surface area contributed by atoms with Crippen molar-refractivity contribution in [1.29, 1.82) is 0 Å². The van der Waals surface area contributed by atoms with Crippen LogP contribution in [0.5, 0.6) is 0 Å². The van der Waals surface area contributed by atoms with Crippen molar-refractivity contribution < 1.29 is 8.42 Å². The molecule has 0 spiro atoms. The van der Waals surface area contributed by atoms with Crippen molar-refractivity contribution >= 4 is 38.4 Å². The fraction of sp³-hybridized carbons (Fsp3) is 0.389. The second-order valence-corrected chi connectivity index (χ2v) is 9.07. The van der Waals surface area contributed by atoms with Gasteiger partial charge in [-0.1, -0.05) is 13.0 Å². The molecule has 9 nitrogen and oxygen atoms in total. The topological polar surface area (TPSA) is 120 Å².